The van der Waals surface area contributed by atoms with Crippen LogP contribution in [0.5, 0.6) is 0 Å². The summed E-state index contributed by atoms with van der Waals surface area (Å²) in [6.45, 7) is 0.112. The molecule has 5 nitrogen and oxygen atoms in total. The number of anilines is 1. The Bertz CT molecular complexity index is 554. The van der Waals surface area contributed by atoms with Crippen LogP contribution in [0.2, 0.25) is 5.02 Å². The van der Waals surface area contributed by atoms with Gasteiger partial charge in [0.15, 0.2) is 0 Å². The number of amidine groups is 1. The predicted octanol–water partition coefficient (Wildman–Crippen LogP) is 1.50. The number of halogens is 1. The summed E-state index contributed by atoms with van der Waals surface area (Å²) in [5.74, 6) is 0.261. The number of benzene rings is 1. The molecule has 1 aliphatic rings. The molecule has 0 bridgehead atoms. The van der Waals surface area contributed by atoms with Crippen LogP contribution in [0.15, 0.2) is 27.5 Å². The van der Waals surface area contributed by atoms with Crippen molar-refractivity contribution in [1.29, 1.82) is 0 Å². The first-order valence-corrected chi connectivity index (χ1v) is 6.24. The van der Waals surface area contributed by atoms with E-state index in [1.165, 1.54) is 13.2 Å². The minimum Gasteiger partial charge on any atom is -0.377 e. The van der Waals surface area contributed by atoms with Crippen molar-refractivity contribution in [3.63, 3.8) is 0 Å². The van der Waals surface area contributed by atoms with Crippen LogP contribution in [0.1, 0.15) is 0 Å². The van der Waals surface area contributed by atoms with Crippen molar-refractivity contribution in [2.45, 2.75) is 4.90 Å². The minimum absolute atomic E-state index is 0.0832. The van der Waals surface area contributed by atoms with Gasteiger partial charge in [-0.05, 0) is 18.2 Å². The summed E-state index contributed by atoms with van der Waals surface area (Å²) >= 11 is 5.74. The second-order valence-corrected chi connectivity index (χ2v) is 5.22. The topological polar surface area (TPSA) is 67.8 Å². The van der Waals surface area contributed by atoms with E-state index in [9.17, 15) is 8.42 Å². The minimum atomic E-state index is -3.67. The number of fused-ring (bicyclic) bond motifs is 1. The highest BCUT2D eigenvalue weighted by molar-refractivity contribution is 7.90. The van der Waals surface area contributed by atoms with Crippen molar-refractivity contribution in [1.82, 2.24) is 0 Å². The highest BCUT2D eigenvalue weighted by Crippen LogP contribution is 2.29. The molecule has 1 heterocycles. The summed E-state index contributed by atoms with van der Waals surface area (Å²) in [6, 6.07) is 4.57. The Balaban J connectivity index is 2.53. The van der Waals surface area contributed by atoms with Gasteiger partial charge in [-0.15, -0.1) is 4.40 Å². The van der Waals surface area contributed by atoms with E-state index in [0.29, 0.717) is 10.7 Å². The van der Waals surface area contributed by atoms with Crippen molar-refractivity contribution in [3.05, 3.63) is 23.2 Å². The van der Waals surface area contributed by atoms with Gasteiger partial charge >= 0.3 is 0 Å². The normalized spacial score (nSPS) is 17.2. The lowest BCUT2D eigenvalue weighted by Gasteiger charge is -2.17. The fraction of sp³-hybridized carbons (Fsp3) is 0.222. The number of hydrogen-bond acceptors (Lipinski definition) is 4. The Kier molecular flexibility index (Phi) is 2.88. The first-order valence-electron chi connectivity index (χ1n) is 4.42. The van der Waals surface area contributed by atoms with Crippen LogP contribution >= 0.6 is 11.6 Å². The maximum absolute atomic E-state index is 11.8. The van der Waals surface area contributed by atoms with E-state index in [2.05, 4.69) is 9.71 Å². The standard InChI is InChI=1S/C9H9ClN2O3S/c1-15-5-9-11-7-3-2-6(10)4-8(7)16(13,14)12-9/h2-4H,5H2,1H3,(H,11,12). The maximum Gasteiger partial charge on any atom is 0.286 e. The summed E-state index contributed by atoms with van der Waals surface area (Å²) < 4.78 is 31.9. The Morgan fingerprint density at radius 1 is 1.50 bits per heavy atom. The summed E-state index contributed by atoms with van der Waals surface area (Å²) in [4.78, 5) is 0.0832. The quantitative estimate of drug-likeness (QED) is 0.875. The van der Waals surface area contributed by atoms with E-state index >= 15 is 0 Å². The summed E-state index contributed by atoms with van der Waals surface area (Å²) in [6.07, 6.45) is 0. The molecule has 0 spiro atoms. The van der Waals surface area contributed by atoms with E-state index in [-0.39, 0.29) is 17.3 Å². The van der Waals surface area contributed by atoms with E-state index in [1.807, 2.05) is 0 Å². The molecule has 1 aliphatic heterocycles. The zero-order chi connectivity index (χ0) is 11.8. The first kappa shape index (κ1) is 11.4. The Labute approximate surface area is 98.1 Å². The smallest absolute Gasteiger partial charge is 0.286 e. The molecule has 1 aromatic carbocycles. The van der Waals surface area contributed by atoms with Gasteiger partial charge in [-0.25, -0.2) is 0 Å². The molecule has 7 heteroatoms. The van der Waals surface area contributed by atoms with Gasteiger partial charge in [-0.2, -0.15) is 8.42 Å². The SMILES string of the molecule is COCC1=NS(=O)(=O)c2cc(Cl)ccc2N1. The van der Waals surface area contributed by atoms with Gasteiger partial charge in [-0.3, -0.25) is 0 Å². The second-order valence-electron chi connectivity index (χ2n) is 3.21. The van der Waals surface area contributed by atoms with Crippen LogP contribution in [0.4, 0.5) is 5.69 Å². The Hall–Kier alpha value is -1.11. The van der Waals surface area contributed by atoms with Crippen LogP contribution in [0.3, 0.4) is 0 Å². The molecule has 0 saturated heterocycles. The molecule has 0 saturated carbocycles. The summed E-state index contributed by atoms with van der Waals surface area (Å²) in [5, 5.41) is 3.22. The Morgan fingerprint density at radius 3 is 2.94 bits per heavy atom. The number of nitrogens with one attached hydrogen (secondary N) is 1. The van der Waals surface area contributed by atoms with E-state index in [4.69, 9.17) is 16.3 Å². The molecule has 0 radical (unpaired) electrons. The maximum atomic E-state index is 11.8. The lowest BCUT2D eigenvalue weighted by Crippen LogP contribution is -2.25. The average Bonchev–Trinajstić information content (AvgIpc) is 2.19. The fourth-order valence-electron chi connectivity index (χ4n) is 1.38. The van der Waals surface area contributed by atoms with E-state index in [1.54, 1.807) is 12.1 Å². The van der Waals surface area contributed by atoms with Crippen LogP contribution in [-0.2, 0) is 14.8 Å². The molecule has 0 amide bonds. The van der Waals surface area contributed by atoms with Gasteiger partial charge < -0.3 is 10.1 Å². The third-order valence-electron chi connectivity index (χ3n) is 2.01. The molecular formula is C9H9ClN2O3S. The van der Waals surface area contributed by atoms with Crippen molar-refractivity contribution >= 4 is 33.1 Å². The monoisotopic (exact) mass is 260 g/mol. The summed E-state index contributed by atoms with van der Waals surface area (Å²) in [7, 11) is -2.21. The molecular weight excluding hydrogens is 252 g/mol. The number of ether oxygens (including phenoxy) is 1. The van der Waals surface area contributed by atoms with Gasteiger partial charge in [0.25, 0.3) is 10.0 Å². The molecule has 2 rings (SSSR count). The molecule has 16 heavy (non-hydrogen) atoms. The number of hydrogen-bond donors (Lipinski definition) is 1. The zero-order valence-corrected chi connectivity index (χ0v) is 9.97. The van der Waals surface area contributed by atoms with Crippen molar-refractivity contribution in [2.24, 2.45) is 4.40 Å². The van der Waals surface area contributed by atoms with Crippen LogP contribution in [-0.4, -0.2) is 28.0 Å². The number of sulfonamides is 1. The second kappa shape index (κ2) is 4.04. The first-order chi connectivity index (χ1) is 7.53. The Morgan fingerprint density at radius 2 is 2.25 bits per heavy atom. The van der Waals surface area contributed by atoms with Gasteiger partial charge in [0.2, 0.25) is 0 Å². The highest BCUT2D eigenvalue weighted by Gasteiger charge is 2.24. The van der Waals surface area contributed by atoms with E-state index < -0.39 is 10.0 Å². The fourth-order valence-corrected chi connectivity index (χ4v) is 2.78. The lowest BCUT2D eigenvalue weighted by atomic mass is 10.3. The van der Waals surface area contributed by atoms with Gasteiger partial charge in [0, 0.05) is 12.1 Å². The average molecular weight is 261 g/mol. The molecule has 0 aliphatic carbocycles. The van der Waals surface area contributed by atoms with Gasteiger partial charge in [0.05, 0.1) is 5.69 Å². The lowest BCUT2D eigenvalue weighted by molar-refractivity contribution is 0.245. The van der Waals surface area contributed by atoms with Crippen LogP contribution in [0.25, 0.3) is 0 Å². The predicted molar refractivity (Wildman–Crippen MR) is 61.6 cm³/mol. The third-order valence-corrected chi connectivity index (χ3v) is 3.60. The molecule has 0 unspecified atom stereocenters. The largest absolute Gasteiger partial charge is 0.377 e. The van der Waals surface area contributed by atoms with Gasteiger partial charge in [0.1, 0.15) is 17.3 Å². The highest BCUT2D eigenvalue weighted by atomic mass is 35.5. The molecule has 0 fully saturated rings. The van der Waals surface area contributed by atoms with Crippen LogP contribution in [0, 0.1) is 0 Å². The zero-order valence-electron chi connectivity index (χ0n) is 8.40. The van der Waals surface area contributed by atoms with E-state index in [0.717, 1.165) is 0 Å². The molecule has 86 valence electrons. The molecule has 0 aromatic heterocycles. The molecule has 1 aromatic rings. The van der Waals surface area contributed by atoms with Crippen molar-refractivity contribution in [3.8, 4) is 0 Å². The number of methoxy groups -OCH3 is 1. The van der Waals surface area contributed by atoms with Crippen molar-refractivity contribution < 1.29 is 13.2 Å². The number of nitrogens with zero attached hydrogens (tertiary/aromatic N) is 1. The van der Waals surface area contributed by atoms with Gasteiger partial charge in [-0.1, -0.05) is 11.6 Å². The van der Waals surface area contributed by atoms with Crippen LogP contribution < -0.4 is 5.32 Å². The molecule has 1 N–H and O–H groups in total. The summed E-state index contributed by atoms with van der Waals surface area (Å²) in [5.41, 5.74) is 0.464. The van der Waals surface area contributed by atoms with Crippen molar-refractivity contribution in [2.75, 3.05) is 19.0 Å². The number of rotatable bonds is 2. The molecule has 0 atom stereocenters. The third kappa shape index (κ3) is 2.04.